The van der Waals surface area contributed by atoms with E-state index in [1.165, 1.54) is 23.9 Å². The van der Waals surface area contributed by atoms with E-state index in [4.69, 9.17) is 28.6 Å². The van der Waals surface area contributed by atoms with Crippen molar-refractivity contribution >= 4 is 51.9 Å². The Bertz CT molecular complexity index is 837. The number of benzene rings is 2. The number of amides is 1. The van der Waals surface area contributed by atoms with Gasteiger partial charge in [0.25, 0.3) is 5.91 Å². The third kappa shape index (κ3) is 4.14. The molecule has 0 unspecified atom stereocenters. The monoisotopic (exact) mass is 379 g/mol. The lowest BCUT2D eigenvalue weighted by molar-refractivity contribution is -0.115. The van der Waals surface area contributed by atoms with Crippen molar-refractivity contribution in [2.45, 2.75) is 6.61 Å². The molecule has 1 N–H and O–H groups in total. The molecule has 24 heavy (non-hydrogen) atoms. The fraction of sp³-hybridized carbons (Fsp3) is 0.0588. The van der Waals surface area contributed by atoms with Crippen molar-refractivity contribution < 1.29 is 13.9 Å². The van der Waals surface area contributed by atoms with Gasteiger partial charge in [0.1, 0.15) is 22.5 Å². The van der Waals surface area contributed by atoms with Crippen LogP contribution >= 0.6 is 35.6 Å². The molecular formula is C17H11ClFNO2S2. The van der Waals surface area contributed by atoms with Gasteiger partial charge in [-0.05, 0) is 42.0 Å². The van der Waals surface area contributed by atoms with Gasteiger partial charge < -0.3 is 10.1 Å². The third-order valence-corrected chi connectivity index (χ3v) is 4.61. The number of ether oxygens (including phenoxy) is 1. The molecule has 1 aliphatic heterocycles. The van der Waals surface area contributed by atoms with Crippen LogP contribution in [0.25, 0.3) is 6.08 Å². The molecule has 122 valence electrons. The molecule has 3 rings (SSSR count). The molecule has 3 nitrogen and oxygen atoms in total. The standard InChI is InChI=1S/C17H11ClFNO2S2/c18-12-3-6-14(22-9-10-1-4-13(19)5-2-10)11(7-12)8-15-16(21)20-17(23)24-15/h1-8H,9H2,(H,20,21,23)/b15-8-. The summed E-state index contributed by atoms with van der Waals surface area (Å²) >= 11 is 12.2. The van der Waals surface area contributed by atoms with Gasteiger partial charge >= 0.3 is 0 Å². The molecule has 0 aromatic heterocycles. The van der Waals surface area contributed by atoms with E-state index >= 15 is 0 Å². The van der Waals surface area contributed by atoms with Crippen LogP contribution in [-0.2, 0) is 11.4 Å². The Morgan fingerprint density at radius 3 is 2.67 bits per heavy atom. The van der Waals surface area contributed by atoms with Crippen molar-refractivity contribution in [3.8, 4) is 5.75 Å². The molecule has 0 bridgehead atoms. The van der Waals surface area contributed by atoms with Crippen LogP contribution < -0.4 is 10.1 Å². The molecular weight excluding hydrogens is 369 g/mol. The number of nitrogens with one attached hydrogen (secondary N) is 1. The fourth-order valence-electron chi connectivity index (χ4n) is 2.07. The number of thioether (sulfide) groups is 1. The van der Waals surface area contributed by atoms with Crippen LogP contribution in [0.3, 0.4) is 0 Å². The maximum absolute atomic E-state index is 12.9. The molecule has 1 saturated heterocycles. The first-order valence-corrected chi connectivity index (χ1v) is 8.53. The number of hydrogen-bond donors (Lipinski definition) is 1. The Morgan fingerprint density at radius 2 is 2.00 bits per heavy atom. The van der Waals surface area contributed by atoms with Crippen LogP contribution in [0.1, 0.15) is 11.1 Å². The zero-order valence-electron chi connectivity index (χ0n) is 12.2. The first kappa shape index (κ1) is 17.0. The average molecular weight is 380 g/mol. The summed E-state index contributed by atoms with van der Waals surface area (Å²) in [7, 11) is 0. The minimum atomic E-state index is -0.295. The highest BCUT2D eigenvalue weighted by atomic mass is 35.5. The molecule has 0 spiro atoms. The highest BCUT2D eigenvalue weighted by Crippen LogP contribution is 2.31. The summed E-state index contributed by atoms with van der Waals surface area (Å²) in [6.07, 6.45) is 1.69. The number of carbonyl (C=O) groups is 1. The molecule has 0 aliphatic carbocycles. The predicted molar refractivity (Wildman–Crippen MR) is 98.5 cm³/mol. The minimum absolute atomic E-state index is 0.241. The largest absolute Gasteiger partial charge is 0.488 e. The summed E-state index contributed by atoms with van der Waals surface area (Å²) in [6, 6.07) is 11.2. The third-order valence-electron chi connectivity index (χ3n) is 3.21. The Kier molecular flexibility index (Phi) is 5.18. The van der Waals surface area contributed by atoms with Crippen LogP contribution in [-0.4, -0.2) is 10.2 Å². The molecule has 0 radical (unpaired) electrons. The molecule has 2 aromatic carbocycles. The first-order valence-electron chi connectivity index (χ1n) is 6.93. The maximum atomic E-state index is 12.9. The lowest BCUT2D eigenvalue weighted by atomic mass is 10.1. The van der Waals surface area contributed by atoms with E-state index in [1.807, 2.05) is 0 Å². The van der Waals surface area contributed by atoms with Gasteiger partial charge in [0.05, 0.1) is 4.91 Å². The van der Waals surface area contributed by atoms with Crippen molar-refractivity contribution in [2.24, 2.45) is 0 Å². The second-order valence-corrected chi connectivity index (χ2v) is 7.10. The second kappa shape index (κ2) is 7.34. The van der Waals surface area contributed by atoms with Crippen LogP contribution in [0.5, 0.6) is 5.75 Å². The van der Waals surface area contributed by atoms with Gasteiger partial charge in [-0.1, -0.05) is 47.7 Å². The predicted octanol–water partition coefficient (Wildman–Crippen LogP) is 4.55. The average Bonchev–Trinajstić information content (AvgIpc) is 2.86. The molecule has 1 fully saturated rings. The normalized spacial score (nSPS) is 15.7. The van der Waals surface area contributed by atoms with Gasteiger partial charge in [0.15, 0.2) is 0 Å². The fourth-order valence-corrected chi connectivity index (χ4v) is 3.28. The van der Waals surface area contributed by atoms with E-state index in [9.17, 15) is 9.18 Å². The number of halogens is 2. The quantitative estimate of drug-likeness (QED) is 0.625. The minimum Gasteiger partial charge on any atom is -0.488 e. The molecule has 0 saturated carbocycles. The number of carbonyl (C=O) groups excluding carboxylic acids is 1. The van der Waals surface area contributed by atoms with Crippen LogP contribution in [0.2, 0.25) is 5.02 Å². The van der Waals surface area contributed by atoms with E-state index in [2.05, 4.69) is 5.32 Å². The molecule has 7 heteroatoms. The van der Waals surface area contributed by atoms with E-state index in [1.54, 1.807) is 36.4 Å². The van der Waals surface area contributed by atoms with E-state index in [0.29, 0.717) is 25.6 Å². The van der Waals surface area contributed by atoms with Crippen LogP contribution in [0.15, 0.2) is 47.4 Å². The summed E-state index contributed by atoms with van der Waals surface area (Å²) in [4.78, 5) is 12.3. The van der Waals surface area contributed by atoms with Crippen LogP contribution in [0, 0.1) is 5.82 Å². The van der Waals surface area contributed by atoms with Crippen molar-refractivity contribution in [2.75, 3.05) is 0 Å². The lowest BCUT2D eigenvalue weighted by Gasteiger charge is -2.10. The molecule has 1 amide bonds. The van der Waals surface area contributed by atoms with Crippen LogP contribution in [0.4, 0.5) is 4.39 Å². The molecule has 1 heterocycles. The number of rotatable bonds is 4. The SMILES string of the molecule is O=C1NC(=S)S/C1=C\c1cc(Cl)ccc1OCc1ccc(F)cc1. The summed E-state index contributed by atoms with van der Waals surface area (Å²) in [5.74, 6) is 0.0350. The second-order valence-electron chi connectivity index (χ2n) is 4.95. The maximum Gasteiger partial charge on any atom is 0.263 e. The summed E-state index contributed by atoms with van der Waals surface area (Å²) < 4.78 is 19.1. The molecule has 2 aromatic rings. The summed E-state index contributed by atoms with van der Waals surface area (Å²) in [5, 5.41) is 3.09. The Labute approximate surface area is 152 Å². The zero-order chi connectivity index (χ0) is 17.1. The van der Waals surface area contributed by atoms with Crippen molar-refractivity contribution in [1.29, 1.82) is 0 Å². The van der Waals surface area contributed by atoms with Gasteiger partial charge in [-0.25, -0.2) is 4.39 Å². The van der Waals surface area contributed by atoms with Crippen molar-refractivity contribution in [3.05, 3.63) is 69.3 Å². The summed E-state index contributed by atoms with van der Waals surface area (Å²) in [5.41, 5.74) is 1.51. The zero-order valence-corrected chi connectivity index (χ0v) is 14.6. The Hall–Kier alpha value is -1.89. The smallest absolute Gasteiger partial charge is 0.263 e. The Morgan fingerprint density at radius 1 is 1.25 bits per heavy atom. The van der Waals surface area contributed by atoms with Gasteiger partial charge in [-0.3, -0.25) is 4.79 Å². The van der Waals surface area contributed by atoms with E-state index in [-0.39, 0.29) is 18.3 Å². The first-order chi connectivity index (χ1) is 11.5. The van der Waals surface area contributed by atoms with Gasteiger partial charge in [0, 0.05) is 10.6 Å². The van der Waals surface area contributed by atoms with Gasteiger partial charge in [0.2, 0.25) is 0 Å². The van der Waals surface area contributed by atoms with E-state index < -0.39 is 0 Å². The van der Waals surface area contributed by atoms with Gasteiger partial charge in [-0.2, -0.15) is 0 Å². The van der Waals surface area contributed by atoms with Gasteiger partial charge in [-0.15, -0.1) is 0 Å². The number of thiocarbonyl (C=S) groups is 1. The Balaban J connectivity index is 1.83. The van der Waals surface area contributed by atoms with Crippen molar-refractivity contribution in [1.82, 2.24) is 5.32 Å². The highest BCUT2D eigenvalue weighted by molar-refractivity contribution is 8.26. The number of hydrogen-bond acceptors (Lipinski definition) is 4. The topological polar surface area (TPSA) is 38.3 Å². The van der Waals surface area contributed by atoms with Crippen molar-refractivity contribution in [3.63, 3.8) is 0 Å². The lowest BCUT2D eigenvalue weighted by Crippen LogP contribution is -2.17. The summed E-state index contributed by atoms with van der Waals surface area (Å²) in [6.45, 7) is 0.274. The highest BCUT2D eigenvalue weighted by Gasteiger charge is 2.22. The van der Waals surface area contributed by atoms with E-state index in [0.717, 1.165) is 5.56 Å². The molecule has 0 atom stereocenters. The molecule has 1 aliphatic rings.